The topological polar surface area (TPSA) is 56.1 Å². The van der Waals surface area contributed by atoms with E-state index >= 15 is 0 Å². The molecule has 0 radical (unpaired) electrons. The van der Waals surface area contributed by atoms with E-state index in [0.29, 0.717) is 23.2 Å². The first-order chi connectivity index (χ1) is 13.1. The fourth-order valence-corrected chi connectivity index (χ4v) is 3.62. The lowest BCUT2D eigenvalue weighted by Gasteiger charge is -2.20. The number of nitrogens with zero attached hydrogens (tertiary/aromatic N) is 2. The van der Waals surface area contributed by atoms with Crippen molar-refractivity contribution in [2.45, 2.75) is 0 Å². The Kier molecular flexibility index (Phi) is 6.26. The van der Waals surface area contributed by atoms with Gasteiger partial charge in [0.15, 0.2) is 11.7 Å². The highest BCUT2D eigenvalue weighted by atomic mass is 32.1. The Balaban J connectivity index is 1.83. The molecule has 1 aromatic heterocycles. The SMILES string of the molecule is COc1cccc2sc(N(CC[NH+](C)C)C(=O)COc3ccccc3)nc12. The number of likely N-dealkylation sites (N-methyl/N-ethyl adjacent to an activating group) is 1. The second-order valence-electron chi connectivity index (χ2n) is 6.41. The molecule has 1 N–H and O–H groups in total. The molecule has 0 unspecified atom stereocenters. The van der Waals surface area contributed by atoms with Gasteiger partial charge in [-0.3, -0.25) is 9.69 Å². The zero-order valence-electron chi connectivity index (χ0n) is 15.8. The Hall–Kier alpha value is -2.64. The average molecular weight is 386 g/mol. The summed E-state index contributed by atoms with van der Waals surface area (Å²) in [5.74, 6) is 1.27. The Labute approximate surface area is 162 Å². The van der Waals surface area contributed by atoms with Gasteiger partial charge in [-0.1, -0.05) is 35.6 Å². The summed E-state index contributed by atoms with van der Waals surface area (Å²) in [7, 11) is 5.74. The number of thiazole rings is 1. The van der Waals surface area contributed by atoms with E-state index in [1.165, 1.54) is 16.2 Å². The van der Waals surface area contributed by atoms with Crippen LogP contribution in [0.15, 0.2) is 48.5 Å². The number of carbonyl (C=O) groups is 1. The lowest BCUT2D eigenvalue weighted by Crippen LogP contribution is -3.06. The molecule has 0 bridgehead atoms. The van der Waals surface area contributed by atoms with Gasteiger partial charge in [0.25, 0.3) is 5.91 Å². The minimum absolute atomic E-state index is 0.0279. The number of methoxy groups -OCH3 is 1. The van der Waals surface area contributed by atoms with Crippen LogP contribution in [0.1, 0.15) is 0 Å². The van der Waals surface area contributed by atoms with Crippen molar-refractivity contribution in [1.82, 2.24) is 4.98 Å². The van der Waals surface area contributed by atoms with Crippen LogP contribution in [0, 0.1) is 0 Å². The number of para-hydroxylation sites is 2. The largest absolute Gasteiger partial charge is 0.494 e. The van der Waals surface area contributed by atoms with Crippen LogP contribution in [0.5, 0.6) is 11.5 Å². The van der Waals surface area contributed by atoms with Crippen LogP contribution in [0.4, 0.5) is 5.13 Å². The normalized spacial score (nSPS) is 11.0. The molecule has 0 saturated carbocycles. The molecular formula is C20H24N3O3S+. The predicted molar refractivity (Wildman–Crippen MR) is 108 cm³/mol. The fourth-order valence-electron chi connectivity index (χ4n) is 2.59. The summed E-state index contributed by atoms with van der Waals surface area (Å²) in [6, 6.07) is 15.1. The Morgan fingerprint density at radius 3 is 2.63 bits per heavy atom. The number of hydrogen-bond donors (Lipinski definition) is 1. The summed E-state index contributed by atoms with van der Waals surface area (Å²) in [4.78, 5) is 20.5. The number of carbonyl (C=O) groups excluding carboxylic acids is 1. The van der Waals surface area contributed by atoms with Crippen LogP contribution in [-0.4, -0.2) is 51.8 Å². The number of hydrogen-bond acceptors (Lipinski definition) is 5. The van der Waals surface area contributed by atoms with Crippen LogP contribution >= 0.6 is 11.3 Å². The molecule has 0 fully saturated rings. The Morgan fingerprint density at radius 2 is 1.93 bits per heavy atom. The summed E-state index contributed by atoms with van der Waals surface area (Å²) < 4.78 is 12.0. The molecule has 0 saturated heterocycles. The van der Waals surface area contributed by atoms with E-state index < -0.39 is 0 Å². The zero-order valence-corrected chi connectivity index (χ0v) is 16.6. The van der Waals surface area contributed by atoms with Gasteiger partial charge in [-0.2, -0.15) is 0 Å². The van der Waals surface area contributed by atoms with Gasteiger partial charge in [0.1, 0.15) is 17.0 Å². The number of anilines is 1. The second kappa shape index (κ2) is 8.83. The molecule has 2 aromatic carbocycles. The second-order valence-corrected chi connectivity index (χ2v) is 7.42. The Bertz CT molecular complexity index is 896. The van der Waals surface area contributed by atoms with Crippen LogP contribution < -0.4 is 19.3 Å². The smallest absolute Gasteiger partial charge is 0.266 e. The van der Waals surface area contributed by atoms with Gasteiger partial charge in [0, 0.05) is 0 Å². The van der Waals surface area contributed by atoms with E-state index in [-0.39, 0.29) is 12.5 Å². The number of aromatic nitrogens is 1. The molecule has 27 heavy (non-hydrogen) atoms. The van der Waals surface area contributed by atoms with Crippen molar-refractivity contribution in [2.75, 3.05) is 45.8 Å². The highest BCUT2D eigenvalue weighted by Gasteiger charge is 2.22. The monoisotopic (exact) mass is 386 g/mol. The number of rotatable bonds is 8. The van der Waals surface area contributed by atoms with Gasteiger partial charge in [-0.15, -0.1) is 0 Å². The minimum Gasteiger partial charge on any atom is -0.494 e. The summed E-state index contributed by atoms with van der Waals surface area (Å²) in [6.45, 7) is 1.35. The molecule has 6 nitrogen and oxygen atoms in total. The molecule has 7 heteroatoms. The molecule has 3 aromatic rings. The first kappa shape index (κ1) is 19.1. The highest BCUT2D eigenvalue weighted by molar-refractivity contribution is 7.22. The van der Waals surface area contributed by atoms with E-state index in [2.05, 4.69) is 19.1 Å². The maximum atomic E-state index is 12.9. The maximum Gasteiger partial charge on any atom is 0.266 e. The Morgan fingerprint density at radius 1 is 1.15 bits per heavy atom. The minimum atomic E-state index is -0.113. The number of amides is 1. The number of nitrogens with one attached hydrogen (secondary N) is 1. The number of benzene rings is 2. The molecule has 1 heterocycles. The van der Waals surface area contributed by atoms with Crippen LogP contribution in [0.25, 0.3) is 10.2 Å². The van der Waals surface area contributed by atoms with E-state index in [1.54, 1.807) is 12.0 Å². The molecule has 0 aliphatic heterocycles. The van der Waals surface area contributed by atoms with Crippen molar-refractivity contribution < 1.29 is 19.2 Å². The molecule has 3 rings (SSSR count). The maximum absolute atomic E-state index is 12.9. The third-order valence-corrected chi connectivity index (χ3v) is 5.11. The van der Waals surface area contributed by atoms with Crippen molar-refractivity contribution in [3.05, 3.63) is 48.5 Å². The molecule has 0 aliphatic rings. The summed E-state index contributed by atoms with van der Waals surface area (Å²) >= 11 is 1.49. The van der Waals surface area contributed by atoms with Crippen LogP contribution in [-0.2, 0) is 4.79 Å². The van der Waals surface area contributed by atoms with E-state index in [1.807, 2.05) is 48.5 Å². The third kappa shape index (κ3) is 4.75. The van der Waals surface area contributed by atoms with Crippen LogP contribution in [0.2, 0.25) is 0 Å². The summed E-state index contributed by atoms with van der Waals surface area (Å²) in [5, 5.41) is 0.664. The van der Waals surface area contributed by atoms with E-state index in [9.17, 15) is 4.79 Å². The number of fused-ring (bicyclic) bond motifs is 1. The zero-order chi connectivity index (χ0) is 19.2. The molecule has 142 valence electrons. The van der Waals surface area contributed by atoms with Gasteiger partial charge in [-0.05, 0) is 24.3 Å². The third-order valence-electron chi connectivity index (χ3n) is 4.06. The van der Waals surface area contributed by atoms with Gasteiger partial charge >= 0.3 is 0 Å². The molecule has 1 amide bonds. The van der Waals surface area contributed by atoms with Gasteiger partial charge in [0.05, 0.1) is 39.0 Å². The first-order valence-corrected chi connectivity index (χ1v) is 9.61. The molecule has 0 spiro atoms. The standard InChI is InChI=1S/C20H23N3O3S/c1-22(2)12-13-23(18(24)14-26-15-8-5-4-6-9-15)20-21-19-16(25-3)10-7-11-17(19)27-20/h4-11H,12-14H2,1-3H3/p+1. The highest BCUT2D eigenvalue weighted by Crippen LogP contribution is 2.34. The lowest BCUT2D eigenvalue weighted by molar-refractivity contribution is -0.856. The molecule has 0 atom stereocenters. The van der Waals surface area contributed by atoms with Crippen molar-refractivity contribution >= 4 is 32.6 Å². The van der Waals surface area contributed by atoms with Crippen molar-refractivity contribution in [3.63, 3.8) is 0 Å². The average Bonchev–Trinajstić information content (AvgIpc) is 3.11. The quantitative estimate of drug-likeness (QED) is 0.642. The van der Waals surface area contributed by atoms with Crippen molar-refractivity contribution in [2.24, 2.45) is 0 Å². The number of ether oxygens (including phenoxy) is 2. The van der Waals surface area contributed by atoms with Crippen LogP contribution in [0.3, 0.4) is 0 Å². The van der Waals surface area contributed by atoms with Gasteiger partial charge in [0.2, 0.25) is 0 Å². The molecule has 0 aliphatic carbocycles. The lowest BCUT2D eigenvalue weighted by atomic mass is 10.3. The molecular weight excluding hydrogens is 362 g/mol. The van der Waals surface area contributed by atoms with E-state index in [4.69, 9.17) is 9.47 Å². The van der Waals surface area contributed by atoms with E-state index in [0.717, 1.165) is 16.8 Å². The predicted octanol–water partition coefficient (Wildman–Crippen LogP) is 1.86. The van der Waals surface area contributed by atoms with Crippen molar-refractivity contribution in [3.8, 4) is 11.5 Å². The van der Waals surface area contributed by atoms with Gasteiger partial charge < -0.3 is 14.4 Å². The fraction of sp³-hybridized carbons (Fsp3) is 0.300. The van der Waals surface area contributed by atoms with Crippen molar-refractivity contribution in [1.29, 1.82) is 0 Å². The van der Waals surface area contributed by atoms with Gasteiger partial charge in [-0.25, -0.2) is 4.98 Å². The summed E-state index contributed by atoms with van der Waals surface area (Å²) in [6.07, 6.45) is 0. The number of quaternary nitrogens is 1. The summed E-state index contributed by atoms with van der Waals surface area (Å²) in [5.41, 5.74) is 0.777. The first-order valence-electron chi connectivity index (χ1n) is 8.79.